The fraction of sp³-hybridized carbons (Fsp3) is 0.318. The summed E-state index contributed by atoms with van der Waals surface area (Å²) >= 11 is 0. The number of methoxy groups -OCH3 is 1. The number of carbonyl (C=O) groups excluding carboxylic acids is 3. The van der Waals surface area contributed by atoms with E-state index >= 15 is 0 Å². The minimum Gasteiger partial charge on any atom is -0.497 e. The van der Waals surface area contributed by atoms with E-state index in [1.165, 1.54) is 10.8 Å². The standard InChI is InChI=1S/C22H23N5O5/c1-4-27-20-19(14(2)24-27)25(13-18(28)23-15-7-9-16(31-3)10-8-15)22(30)26(21(20)29)12-17-6-5-11-32-17/h5-11,20H,4,12-13H2,1-3H3/p+1. The van der Waals surface area contributed by atoms with Gasteiger partial charge in [0, 0.05) is 12.2 Å². The van der Waals surface area contributed by atoms with Gasteiger partial charge in [0.1, 0.15) is 17.2 Å². The molecule has 0 saturated carbocycles. The SMILES string of the molecule is CCN1N=C(C)C2=[N+](CC(=O)Nc3ccc(OC)cc3)C(=O)N(Cc3ccco3)C(=O)C21. The van der Waals surface area contributed by atoms with Gasteiger partial charge in [0.2, 0.25) is 6.04 Å². The summed E-state index contributed by atoms with van der Waals surface area (Å²) in [6, 6.07) is 8.89. The van der Waals surface area contributed by atoms with Crippen LogP contribution in [0.3, 0.4) is 0 Å². The van der Waals surface area contributed by atoms with Gasteiger partial charge in [0.25, 0.3) is 5.91 Å². The summed E-state index contributed by atoms with van der Waals surface area (Å²) in [5.74, 6) is 0.342. The van der Waals surface area contributed by atoms with Gasteiger partial charge in [-0.05, 0) is 50.2 Å². The molecule has 1 aromatic carbocycles. The molecule has 1 aromatic heterocycles. The molecule has 2 aliphatic heterocycles. The number of nitrogens with one attached hydrogen (secondary N) is 1. The van der Waals surface area contributed by atoms with Crippen molar-refractivity contribution >= 4 is 35.0 Å². The highest BCUT2D eigenvalue weighted by molar-refractivity contribution is 6.48. The number of ether oxygens (including phenoxy) is 1. The molecular weight excluding hydrogens is 414 g/mol. The smallest absolute Gasteiger partial charge is 0.497 e. The van der Waals surface area contributed by atoms with Gasteiger partial charge >= 0.3 is 11.9 Å². The number of fused-ring (bicyclic) bond motifs is 1. The van der Waals surface area contributed by atoms with Gasteiger partial charge in [-0.25, -0.2) is 4.79 Å². The molecule has 0 radical (unpaired) electrons. The number of urea groups is 1. The summed E-state index contributed by atoms with van der Waals surface area (Å²) in [6.07, 6.45) is 1.48. The molecule has 1 unspecified atom stereocenters. The number of anilines is 1. The third-order valence-electron chi connectivity index (χ3n) is 5.35. The van der Waals surface area contributed by atoms with E-state index in [2.05, 4.69) is 10.4 Å². The Morgan fingerprint density at radius 2 is 2.00 bits per heavy atom. The monoisotopic (exact) mass is 438 g/mol. The molecule has 3 heterocycles. The van der Waals surface area contributed by atoms with Crippen LogP contribution in [-0.4, -0.2) is 70.0 Å². The van der Waals surface area contributed by atoms with Crippen LogP contribution in [0.2, 0.25) is 0 Å². The Morgan fingerprint density at radius 3 is 2.62 bits per heavy atom. The molecule has 1 atom stereocenters. The molecule has 0 bridgehead atoms. The normalized spacial score (nSPS) is 18.1. The van der Waals surface area contributed by atoms with Gasteiger partial charge in [-0.3, -0.25) is 9.80 Å². The molecule has 166 valence electrons. The van der Waals surface area contributed by atoms with E-state index in [0.717, 1.165) is 4.90 Å². The molecule has 32 heavy (non-hydrogen) atoms. The van der Waals surface area contributed by atoms with Gasteiger partial charge in [-0.1, -0.05) is 0 Å². The molecule has 0 fully saturated rings. The molecular formula is C22H24N5O5+. The number of hydrazone groups is 1. The number of benzene rings is 1. The first-order chi connectivity index (χ1) is 15.4. The average Bonchev–Trinajstić information content (AvgIpc) is 3.42. The highest BCUT2D eigenvalue weighted by atomic mass is 16.5. The summed E-state index contributed by atoms with van der Waals surface area (Å²) in [5.41, 5.74) is 1.54. The third kappa shape index (κ3) is 3.86. The second-order valence-corrected chi connectivity index (χ2v) is 7.38. The average molecular weight is 438 g/mol. The van der Waals surface area contributed by atoms with E-state index < -0.39 is 23.9 Å². The van der Waals surface area contributed by atoms with Gasteiger partial charge in [0.05, 0.1) is 13.4 Å². The number of rotatable bonds is 7. The highest BCUT2D eigenvalue weighted by Crippen LogP contribution is 2.23. The number of hydrogen-bond acceptors (Lipinski definition) is 7. The fourth-order valence-electron chi connectivity index (χ4n) is 3.85. The van der Waals surface area contributed by atoms with Crippen molar-refractivity contribution in [2.75, 3.05) is 25.5 Å². The Bertz CT molecular complexity index is 1100. The van der Waals surface area contributed by atoms with Crippen LogP contribution in [0.15, 0.2) is 52.2 Å². The molecule has 4 rings (SSSR count). The summed E-state index contributed by atoms with van der Waals surface area (Å²) in [6.45, 7) is 3.80. The Kier molecular flexibility index (Phi) is 5.76. The predicted octanol–water partition coefficient (Wildman–Crippen LogP) is 1.92. The van der Waals surface area contributed by atoms with E-state index in [1.807, 2.05) is 6.92 Å². The predicted molar refractivity (Wildman–Crippen MR) is 116 cm³/mol. The van der Waals surface area contributed by atoms with Crippen LogP contribution < -0.4 is 10.1 Å². The molecule has 0 saturated heterocycles. The number of hydrogen-bond donors (Lipinski definition) is 1. The maximum atomic E-state index is 13.3. The van der Waals surface area contributed by atoms with Crippen molar-refractivity contribution in [1.29, 1.82) is 0 Å². The lowest BCUT2D eigenvalue weighted by Crippen LogP contribution is -2.61. The lowest BCUT2D eigenvalue weighted by Gasteiger charge is -2.27. The van der Waals surface area contributed by atoms with Gasteiger partial charge in [-0.15, -0.1) is 0 Å². The molecule has 1 N–H and O–H groups in total. The van der Waals surface area contributed by atoms with E-state index in [4.69, 9.17) is 9.15 Å². The second kappa shape index (κ2) is 8.66. The third-order valence-corrected chi connectivity index (χ3v) is 5.35. The fourth-order valence-corrected chi connectivity index (χ4v) is 3.85. The van der Waals surface area contributed by atoms with Crippen molar-refractivity contribution in [3.05, 3.63) is 48.4 Å². The quantitative estimate of drug-likeness (QED) is 0.662. The zero-order valence-corrected chi connectivity index (χ0v) is 18.1. The van der Waals surface area contributed by atoms with Crippen molar-refractivity contribution in [3.63, 3.8) is 0 Å². The van der Waals surface area contributed by atoms with Gasteiger partial charge in [-0.2, -0.15) is 19.4 Å². The first-order valence-electron chi connectivity index (χ1n) is 10.2. The zero-order chi connectivity index (χ0) is 22.8. The first kappa shape index (κ1) is 21.3. The first-order valence-corrected chi connectivity index (χ1v) is 10.2. The van der Waals surface area contributed by atoms with Crippen LogP contribution in [0.1, 0.15) is 19.6 Å². The molecule has 10 heteroatoms. The summed E-state index contributed by atoms with van der Waals surface area (Å²) in [4.78, 5) is 40.5. The summed E-state index contributed by atoms with van der Waals surface area (Å²) in [5, 5.41) is 8.83. The van der Waals surface area contributed by atoms with E-state index in [9.17, 15) is 14.4 Å². The van der Waals surface area contributed by atoms with Crippen molar-refractivity contribution in [2.24, 2.45) is 5.10 Å². The van der Waals surface area contributed by atoms with Gasteiger partial charge < -0.3 is 14.5 Å². The number of amides is 4. The number of likely N-dealkylation sites (N-methyl/N-ethyl adjacent to an activating group) is 1. The molecule has 10 nitrogen and oxygen atoms in total. The van der Waals surface area contributed by atoms with Crippen LogP contribution in [-0.2, 0) is 16.1 Å². The van der Waals surface area contributed by atoms with Crippen LogP contribution in [0.25, 0.3) is 0 Å². The van der Waals surface area contributed by atoms with Gasteiger partial charge in [0.15, 0.2) is 18.8 Å². The molecule has 2 aliphatic rings. The van der Waals surface area contributed by atoms with E-state index in [0.29, 0.717) is 35.2 Å². The van der Waals surface area contributed by atoms with Crippen molar-refractivity contribution in [1.82, 2.24) is 9.91 Å². The number of furan rings is 1. The Morgan fingerprint density at radius 1 is 1.25 bits per heavy atom. The Hall–Kier alpha value is -3.95. The second-order valence-electron chi connectivity index (χ2n) is 7.38. The Labute approximate surface area is 184 Å². The van der Waals surface area contributed by atoms with Crippen LogP contribution in [0.4, 0.5) is 10.5 Å². The van der Waals surface area contributed by atoms with Crippen LogP contribution >= 0.6 is 0 Å². The molecule has 4 amide bonds. The largest absolute Gasteiger partial charge is 0.501 e. The Balaban J connectivity index is 1.63. The summed E-state index contributed by atoms with van der Waals surface area (Å²) < 4.78 is 11.8. The maximum Gasteiger partial charge on any atom is 0.501 e. The minimum atomic E-state index is -0.763. The molecule has 2 aromatic rings. The van der Waals surface area contributed by atoms with Crippen LogP contribution in [0, 0.1) is 0 Å². The minimum absolute atomic E-state index is 0.0261. The lowest BCUT2D eigenvalue weighted by molar-refractivity contribution is -0.427. The van der Waals surface area contributed by atoms with Crippen molar-refractivity contribution in [2.45, 2.75) is 26.4 Å². The highest BCUT2D eigenvalue weighted by Gasteiger charge is 2.54. The van der Waals surface area contributed by atoms with E-state index in [-0.39, 0.29) is 13.1 Å². The number of carbonyl (C=O) groups is 3. The molecule has 0 aliphatic carbocycles. The lowest BCUT2D eigenvalue weighted by atomic mass is 10.0. The van der Waals surface area contributed by atoms with E-state index in [1.54, 1.807) is 55.4 Å². The number of nitrogens with zero attached hydrogens (tertiary/aromatic N) is 4. The number of imide groups is 1. The van der Waals surface area contributed by atoms with Crippen molar-refractivity contribution < 1.29 is 28.1 Å². The zero-order valence-electron chi connectivity index (χ0n) is 18.1. The maximum absolute atomic E-state index is 13.3. The topological polar surface area (TPSA) is 107 Å². The summed E-state index contributed by atoms with van der Waals surface area (Å²) in [7, 11) is 1.56. The molecule has 0 spiro atoms. The van der Waals surface area contributed by atoms with Crippen LogP contribution in [0.5, 0.6) is 5.75 Å². The van der Waals surface area contributed by atoms with Crippen molar-refractivity contribution in [3.8, 4) is 5.75 Å².